The Morgan fingerprint density at radius 2 is 1.63 bits per heavy atom. The van der Waals surface area contributed by atoms with Crippen LogP contribution >= 0.6 is 0 Å². The van der Waals surface area contributed by atoms with Crippen LogP contribution in [0.3, 0.4) is 0 Å². The molecule has 2 atom stereocenters. The molecule has 2 rings (SSSR count). The van der Waals surface area contributed by atoms with Crippen molar-refractivity contribution < 1.29 is 9.47 Å². The standard InChI is InChI=1S/C15H30N2O2/c1-18-14-11-17(12-15(14)19-2)9-8-16-10-13-6-4-3-5-7-13/h13-16H,3-12H2,1-2H3. The molecule has 2 aliphatic rings. The van der Waals surface area contributed by atoms with E-state index in [4.69, 9.17) is 9.47 Å². The molecule has 0 amide bonds. The second kappa shape index (κ2) is 8.20. The first-order valence-electron chi connectivity index (χ1n) is 7.82. The topological polar surface area (TPSA) is 33.7 Å². The van der Waals surface area contributed by atoms with E-state index < -0.39 is 0 Å². The zero-order valence-electron chi connectivity index (χ0n) is 12.6. The first-order valence-corrected chi connectivity index (χ1v) is 7.82. The van der Waals surface area contributed by atoms with Crippen LogP contribution in [0.4, 0.5) is 0 Å². The van der Waals surface area contributed by atoms with Gasteiger partial charge in [-0.25, -0.2) is 0 Å². The van der Waals surface area contributed by atoms with Gasteiger partial charge in [-0.15, -0.1) is 0 Å². The van der Waals surface area contributed by atoms with E-state index >= 15 is 0 Å². The minimum atomic E-state index is 0.239. The minimum Gasteiger partial charge on any atom is -0.377 e. The van der Waals surface area contributed by atoms with E-state index in [0.717, 1.165) is 32.1 Å². The number of hydrogen-bond acceptors (Lipinski definition) is 4. The molecular weight excluding hydrogens is 240 g/mol. The Morgan fingerprint density at radius 3 is 2.21 bits per heavy atom. The number of likely N-dealkylation sites (tertiary alicyclic amines) is 1. The van der Waals surface area contributed by atoms with Crippen molar-refractivity contribution in [1.82, 2.24) is 10.2 Å². The number of methoxy groups -OCH3 is 2. The molecule has 1 aliphatic heterocycles. The van der Waals surface area contributed by atoms with Crippen molar-refractivity contribution in [2.24, 2.45) is 5.92 Å². The third kappa shape index (κ3) is 4.71. The van der Waals surface area contributed by atoms with Crippen molar-refractivity contribution >= 4 is 0 Å². The van der Waals surface area contributed by atoms with Gasteiger partial charge in [0.25, 0.3) is 0 Å². The average molecular weight is 270 g/mol. The maximum atomic E-state index is 5.46. The van der Waals surface area contributed by atoms with E-state index in [-0.39, 0.29) is 12.2 Å². The third-order valence-corrected chi connectivity index (χ3v) is 4.66. The zero-order valence-corrected chi connectivity index (χ0v) is 12.6. The van der Waals surface area contributed by atoms with E-state index in [0.29, 0.717) is 0 Å². The van der Waals surface area contributed by atoms with Crippen molar-refractivity contribution in [3.05, 3.63) is 0 Å². The van der Waals surface area contributed by atoms with Crippen molar-refractivity contribution in [2.45, 2.75) is 44.3 Å². The highest BCUT2D eigenvalue weighted by molar-refractivity contribution is 4.85. The predicted molar refractivity (Wildman–Crippen MR) is 77.5 cm³/mol. The molecule has 112 valence electrons. The third-order valence-electron chi connectivity index (χ3n) is 4.66. The molecule has 0 aromatic carbocycles. The molecule has 19 heavy (non-hydrogen) atoms. The fourth-order valence-corrected chi connectivity index (χ4v) is 3.39. The summed E-state index contributed by atoms with van der Waals surface area (Å²) in [5, 5.41) is 3.62. The van der Waals surface area contributed by atoms with Crippen LogP contribution in [0.5, 0.6) is 0 Å². The summed E-state index contributed by atoms with van der Waals surface area (Å²) in [4.78, 5) is 2.44. The van der Waals surface area contributed by atoms with Gasteiger partial charge >= 0.3 is 0 Å². The van der Waals surface area contributed by atoms with Gasteiger partial charge in [0, 0.05) is 40.4 Å². The quantitative estimate of drug-likeness (QED) is 0.711. The van der Waals surface area contributed by atoms with Crippen LogP contribution in [0, 0.1) is 5.92 Å². The Hall–Kier alpha value is -0.160. The van der Waals surface area contributed by atoms with Crippen molar-refractivity contribution in [3.63, 3.8) is 0 Å². The van der Waals surface area contributed by atoms with Gasteiger partial charge in [0.05, 0.1) is 12.2 Å². The van der Waals surface area contributed by atoms with Crippen LogP contribution < -0.4 is 5.32 Å². The molecule has 0 bridgehead atoms. The largest absolute Gasteiger partial charge is 0.377 e. The van der Waals surface area contributed by atoms with E-state index in [1.807, 2.05) is 0 Å². The van der Waals surface area contributed by atoms with Gasteiger partial charge in [0.2, 0.25) is 0 Å². The summed E-state index contributed by atoms with van der Waals surface area (Å²) < 4.78 is 10.9. The lowest BCUT2D eigenvalue weighted by molar-refractivity contribution is -0.00461. The van der Waals surface area contributed by atoms with Gasteiger partial charge in [0.15, 0.2) is 0 Å². The summed E-state index contributed by atoms with van der Waals surface area (Å²) in [6, 6.07) is 0. The summed E-state index contributed by atoms with van der Waals surface area (Å²) in [5.41, 5.74) is 0. The molecule has 1 saturated carbocycles. The molecule has 0 aromatic rings. The normalized spacial score (nSPS) is 30.0. The molecule has 1 N–H and O–H groups in total. The molecule has 2 fully saturated rings. The Bertz CT molecular complexity index is 232. The number of ether oxygens (including phenoxy) is 2. The molecule has 4 nitrogen and oxygen atoms in total. The SMILES string of the molecule is COC1CN(CCNCC2CCCCC2)CC1OC. The van der Waals surface area contributed by atoms with E-state index in [1.54, 1.807) is 14.2 Å². The minimum absolute atomic E-state index is 0.239. The lowest BCUT2D eigenvalue weighted by atomic mass is 9.89. The number of rotatable bonds is 7. The molecule has 2 unspecified atom stereocenters. The van der Waals surface area contributed by atoms with Crippen LogP contribution in [0.1, 0.15) is 32.1 Å². The molecule has 0 spiro atoms. The van der Waals surface area contributed by atoms with Crippen LogP contribution in [-0.4, -0.2) is 64.1 Å². The van der Waals surface area contributed by atoms with Gasteiger partial charge in [-0.2, -0.15) is 0 Å². The lowest BCUT2D eigenvalue weighted by Crippen LogP contribution is -2.34. The highest BCUT2D eigenvalue weighted by Gasteiger charge is 2.32. The van der Waals surface area contributed by atoms with Crippen molar-refractivity contribution in [3.8, 4) is 0 Å². The maximum Gasteiger partial charge on any atom is 0.0971 e. The Kier molecular flexibility index (Phi) is 6.57. The highest BCUT2D eigenvalue weighted by Crippen LogP contribution is 2.22. The summed E-state index contributed by atoms with van der Waals surface area (Å²) >= 11 is 0. The van der Waals surface area contributed by atoms with Gasteiger partial charge < -0.3 is 14.8 Å². The molecule has 4 heteroatoms. The highest BCUT2D eigenvalue weighted by atomic mass is 16.5. The van der Waals surface area contributed by atoms with E-state index in [2.05, 4.69) is 10.2 Å². The monoisotopic (exact) mass is 270 g/mol. The zero-order chi connectivity index (χ0) is 13.5. The summed E-state index contributed by atoms with van der Waals surface area (Å²) in [6.45, 7) is 5.39. The van der Waals surface area contributed by atoms with Gasteiger partial charge in [-0.3, -0.25) is 4.90 Å². The first-order chi connectivity index (χ1) is 9.33. The number of nitrogens with zero attached hydrogens (tertiary/aromatic N) is 1. The molecule has 1 heterocycles. The van der Waals surface area contributed by atoms with Gasteiger partial charge in [0.1, 0.15) is 0 Å². The van der Waals surface area contributed by atoms with Crippen molar-refractivity contribution in [1.29, 1.82) is 0 Å². The summed E-state index contributed by atoms with van der Waals surface area (Å²) in [6.07, 6.45) is 7.64. The number of nitrogens with one attached hydrogen (secondary N) is 1. The average Bonchev–Trinajstić information content (AvgIpc) is 2.87. The lowest BCUT2D eigenvalue weighted by Gasteiger charge is -2.22. The second-order valence-electron chi connectivity index (χ2n) is 6.02. The maximum absolute atomic E-state index is 5.46. The summed E-state index contributed by atoms with van der Waals surface area (Å²) in [7, 11) is 3.56. The Morgan fingerprint density at radius 1 is 1.00 bits per heavy atom. The van der Waals surface area contributed by atoms with E-state index in [9.17, 15) is 0 Å². The van der Waals surface area contributed by atoms with E-state index in [1.165, 1.54) is 38.6 Å². The van der Waals surface area contributed by atoms with Crippen LogP contribution in [0.15, 0.2) is 0 Å². The van der Waals surface area contributed by atoms with Crippen LogP contribution in [0.25, 0.3) is 0 Å². The fraction of sp³-hybridized carbons (Fsp3) is 1.00. The van der Waals surface area contributed by atoms with Gasteiger partial charge in [-0.1, -0.05) is 19.3 Å². The molecule has 0 aromatic heterocycles. The fourth-order valence-electron chi connectivity index (χ4n) is 3.39. The van der Waals surface area contributed by atoms with Crippen molar-refractivity contribution in [2.75, 3.05) is 46.9 Å². The summed E-state index contributed by atoms with van der Waals surface area (Å²) in [5.74, 6) is 0.922. The first kappa shape index (κ1) is 15.2. The molecule has 1 saturated heterocycles. The number of hydrogen-bond donors (Lipinski definition) is 1. The molecule has 0 radical (unpaired) electrons. The smallest absolute Gasteiger partial charge is 0.0971 e. The van der Waals surface area contributed by atoms with Crippen LogP contribution in [0.2, 0.25) is 0 Å². The predicted octanol–water partition coefficient (Wildman–Crippen LogP) is 1.50. The van der Waals surface area contributed by atoms with Gasteiger partial charge in [-0.05, 0) is 25.3 Å². The Labute approximate surface area is 117 Å². The Balaban J connectivity index is 1.56. The second-order valence-corrected chi connectivity index (χ2v) is 6.02. The molecular formula is C15H30N2O2. The molecule has 1 aliphatic carbocycles. The van der Waals surface area contributed by atoms with Crippen LogP contribution in [-0.2, 0) is 9.47 Å².